The molecule has 5 nitrogen and oxygen atoms in total. The quantitative estimate of drug-likeness (QED) is 0.704. The molecule has 1 saturated heterocycles. The molecule has 1 aliphatic carbocycles. The zero-order valence-electron chi connectivity index (χ0n) is 12.6. The first-order chi connectivity index (χ1) is 9.58. The first kappa shape index (κ1) is 16.2. The van der Waals surface area contributed by atoms with Gasteiger partial charge in [-0.25, -0.2) is 0 Å². The van der Waals surface area contributed by atoms with Crippen LogP contribution in [0.4, 0.5) is 0 Å². The van der Waals surface area contributed by atoms with E-state index < -0.39 is 18.5 Å². The van der Waals surface area contributed by atoms with Crippen molar-refractivity contribution >= 4 is 0 Å². The Morgan fingerprint density at radius 1 is 1.15 bits per heavy atom. The molecule has 0 radical (unpaired) electrons. The molecule has 118 valence electrons. The minimum absolute atomic E-state index is 0.163. The van der Waals surface area contributed by atoms with E-state index in [-0.39, 0.29) is 12.1 Å². The molecule has 1 heterocycles. The average molecular weight is 287 g/mol. The van der Waals surface area contributed by atoms with E-state index >= 15 is 0 Å². The zero-order valence-corrected chi connectivity index (χ0v) is 12.6. The lowest BCUT2D eigenvalue weighted by atomic mass is 9.97. The van der Waals surface area contributed by atoms with Crippen LogP contribution in [-0.2, 0) is 9.47 Å². The van der Waals surface area contributed by atoms with E-state index in [2.05, 4.69) is 19.2 Å². The Labute approximate surface area is 121 Å². The highest BCUT2D eigenvalue weighted by Crippen LogP contribution is 2.25. The summed E-state index contributed by atoms with van der Waals surface area (Å²) in [5, 5.41) is 23.6. The molecule has 0 aromatic heterocycles. The standard InChI is InChI=1S/C15H29NO4/c1-10(2)8-16-12-9-19-15(14(18)13(12)17)20-11-6-4-3-5-7-11/h10-18H,3-9H2,1-2H3/t12-,13+,14-,15-/m1/s1. The van der Waals surface area contributed by atoms with E-state index in [4.69, 9.17) is 9.47 Å². The molecular formula is C15H29NO4. The molecule has 2 aliphatic rings. The third-order valence-electron chi connectivity index (χ3n) is 4.15. The van der Waals surface area contributed by atoms with Crippen LogP contribution in [0.5, 0.6) is 0 Å². The van der Waals surface area contributed by atoms with Crippen LogP contribution in [0.2, 0.25) is 0 Å². The third kappa shape index (κ3) is 4.40. The summed E-state index contributed by atoms with van der Waals surface area (Å²) in [4.78, 5) is 0. The predicted octanol–water partition coefficient (Wildman–Crippen LogP) is 1.03. The van der Waals surface area contributed by atoms with Gasteiger partial charge in [-0.05, 0) is 25.3 Å². The average Bonchev–Trinajstić information content (AvgIpc) is 2.44. The van der Waals surface area contributed by atoms with Crippen molar-refractivity contribution in [1.82, 2.24) is 5.32 Å². The van der Waals surface area contributed by atoms with Crippen molar-refractivity contribution in [3.8, 4) is 0 Å². The molecule has 0 aromatic rings. The zero-order chi connectivity index (χ0) is 14.5. The maximum absolute atomic E-state index is 10.2. The van der Waals surface area contributed by atoms with Gasteiger partial charge >= 0.3 is 0 Å². The molecule has 0 amide bonds. The molecule has 5 heteroatoms. The lowest BCUT2D eigenvalue weighted by molar-refractivity contribution is -0.268. The van der Waals surface area contributed by atoms with Crippen molar-refractivity contribution in [2.45, 2.75) is 76.6 Å². The predicted molar refractivity (Wildman–Crippen MR) is 76.3 cm³/mol. The van der Waals surface area contributed by atoms with Crippen molar-refractivity contribution in [2.24, 2.45) is 5.92 Å². The van der Waals surface area contributed by atoms with Crippen LogP contribution in [0.1, 0.15) is 46.0 Å². The van der Waals surface area contributed by atoms with Gasteiger partial charge in [-0.15, -0.1) is 0 Å². The van der Waals surface area contributed by atoms with Gasteiger partial charge in [0, 0.05) is 0 Å². The Bertz CT molecular complexity index is 281. The fourth-order valence-electron chi connectivity index (χ4n) is 2.87. The van der Waals surface area contributed by atoms with Gasteiger partial charge in [-0.3, -0.25) is 0 Å². The van der Waals surface area contributed by atoms with Gasteiger partial charge in [0.1, 0.15) is 12.2 Å². The largest absolute Gasteiger partial charge is 0.388 e. The van der Waals surface area contributed by atoms with E-state index in [9.17, 15) is 10.2 Å². The Hall–Kier alpha value is -0.200. The lowest BCUT2D eigenvalue weighted by Gasteiger charge is -2.39. The maximum Gasteiger partial charge on any atom is 0.186 e. The van der Waals surface area contributed by atoms with Crippen molar-refractivity contribution in [2.75, 3.05) is 13.2 Å². The Balaban J connectivity index is 1.79. The first-order valence-corrected chi connectivity index (χ1v) is 7.94. The van der Waals surface area contributed by atoms with Gasteiger partial charge in [0.25, 0.3) is 0 Å². The Kier molecular flexibility index (Phi) is 6.23. The molecule has 20 heavy (non-hydrogen) atoms. The molecule has 1 saturated carbocycles. The third-order valence-corrected chi connectivity index (χ3v) is 4.15. The van der Waals surface area contributed by atoms with E-state index in [0.29, 0.717) is 12.5 Å². The number of hydrogen-bond donors (Lipinski definition) is 3. The summed E-state index contributed by atoms with van der Waals surface area (Å²) in [7, 11) is 0. The normalized spacial score (nSPS) is 36.5. The van der Waals surface area contributed by atoms with Crippen LogP contribution in [0.25, 0.3) is 0 Å². The number of nitrogens with one attached hydrogen (secondary N) is 1. The number of aliphatic hydroxyl groups excluding tert-OH is 2. The van der Waals surface area contributed by atoms with Gasteiger partial charge in [-0.2, -0.15) is 0 Å². The topological polar surface area (TPSA) is 71.0 Å². The molecule has 0 bridgehead atoms. The highest BCUT2D eigenvalue weighted by atomic mass is 16.7. The number of ether oxygens (including phenoxy) is 2. The molecule has 1 aliphatic heterocycles. The van der Waals surface area contributed by atoms with Gasteiger partial charge in [0.05, 0.1) is 18.8 Å². The highest BCUT2D eigenvalue weighted by Gasteiger charge is 2.40. The van der Waals surface area contributed by atoms with Gasteiger partial charge in [0.2, 0.25) is 0 Å². The summed E-state index contributed by atoms with van der Waals surface area (Å²) in [6.07, 6.45) is 3.32. The maximum atomic E-state index is 10.2. The minimum Gasteiger partial charge on any atom is -0.388 e. The lowest BCUT2D eigenvalue weighted by Crippen LogP contribution is -2.59. The fraction of sp³-hybridized carbons (Fsp3) is 1.00. The first-order valence-electron chi connectivity index (χ1n) is 7.94. The van der Waals surface area contributed by atoms with E-state index in [1.807, 2.05) is 0 Å². The van der Waals surface area contributed by atoms with Crippen molar-refractivity contribution in [1.29, 1.82) is 0 Å². The smallest absolute Gasteiger partial charge is 0.186 e. The highest BCUT2D eigenvalue weighted by molar-refractivity contribution is 4.88. The summed E-state index contributed by atoms with van der Waals surface area (Å²) >= 11 is 0. The molecular weight excluding hydrogens is 258 g/mol. The van der Waals surface area contributed by atoms with Crippen molar-refractivity contribution in [3.63, 3.8) is 0 Å². The van der Waals surface area contributed by atoms with Crippen LogP contribution >= 0.6 is 0 Å². The summed E-state index contributed by atoms with van der Waals surface area (Å²) in [6.45, 7) is 5.39. The summed E-state index contributed by atoms with van der Waals surface area (Å²) in [5.74, 6) is 0.496. The molecule has 0 aromatic carbocycles. The minimum atomic E-state index is -0.977. The van der Waals surface area contributed by atoms with Crippen molar-refractivity contribution < 1.29 is 19.7 Å². The molecule has 2 fully saturated rings. The molecule has 0 unspecified atom stereocenters. The van der Waals surface area contributed by atoms with Crippen LogP contribution in [0.15, 0.2) is 0 Å². The van der Waals surface area contributed by atoms with Crippen LogP contribution < -0.4 is 5.32 Å². The van der Waals surface area contributed by atoms with Gasteiger partial charge in [-0.1, -0.05) is 33.1 Å². The Morgan fingerprint density at radius 2 is 1.85 bits per heavy atom. The van der Waals surface area contributed by atoms with Gasteiger partial charge in [0.15, 0.2) is 6.29 Å². The van der Waals surface area contributed by atoms with Crippen LogP contribution in [0, 0.1) is 5.92 Å². The van der Waals surface area contributed by atoms with Crippen molar-refractivity contribution in [3.05, 3.63) is 0 Å². The molecule has 4 atom stereocenters. The fourth-order valence-corrected chi connectivity index (χ4v) is 2.87. The Morgan fingerprint density at radius 3 is 2.50 bits per heavy atom. The van der Waals surface area contributed by atoms with Crippen LogP contribution in [0.3, 0.4) is 0 Å². The van der Waals surface area contributed by atoms with E-state index in [1.165, 1.54) is 19.3 Å². The molecule has 3 N–H and O–H groups in total. The number of aliphatic hydroxyl groups is 2. The van der Waals surface area contributed by atoms with Gasteiger partial charge < -0.3 is 25.0 Å². The monoisotopic (exact) mass is 287 g/mol. The van der Waals surface area contributed by atoms with E-state index in [0.717, 1.165) is 19.4 Å². The second kappa shape index (κ2) is 7.71. The molecule has 0 spiro atoms. The molecule has 2 rings (SSSR count). The number of rotatable bonds is 5. The van der Waals surface area contributed by atoms with Crippen LogP contribution in [-0.4, -0.2) is 54.0 Å². The second-order valence-corrected chi connectivity index (χ2v) is 6.49. The summed E-state index contributed by atoms with van der Waals surface area (Å²) in [5.41, 5.74) is 0. The van der Waals surface area contributed by atoms with E-state index in [1.54, 1.807) is 0 Å². The SMILES string of the molecule is CC(C)CN[C@@H]1CO[C@H](OC2CCCCC2)[C@H](O)[C@H]1O. The number of hydrogen-bond acceptors (Lipinski definition) is 5. The summed E-state index contributed by atoms with van der Waals surface area (Å²) in [6, 6.07) is -0.224. The summed E-state index contributed by atoms with van der Waals surface area (Å²) < 4.78 is 11.4. The second-order valence-electron chi connectivity index (χ2n) is 6.49.